The van der Waals surface area contributed by atoms with E-state index in [0.717, 1.165) is 22.3 Å². The standard InChI is InChI=1S/C23H25N5O2/c1-14-8-7-11-18(15(14)2)25-21(29)13-28(4)16(3)22(30)17(12-24)23-26-19-9-5-6-10-20(19)27-23/h5-11,16,30H,13H2,1-4H3,(H,25,29)(H,26,27)/b22-17-/t16-/m0/s1. The molecule has 1 heterocycles. The molecule has 0 aliphatic carbocycles. The summed E-state index contributed by atoms with van der Waals surface area (Å²) in [4.78, 5) is 21.6. The predicted octanol–water partition coefficient (Wildman–Crippen LogP) is 3.93. The molecule has 3 aromatic rings. The van der Waals surface area contributed by atoms with Crippen molar-refractivity contribution in [3.63, 3.8) is 0 Å². The molecule has 0 bridgehead atoms. The average molecular weight is 403 g/mol. The molecule has 7 heteroatoms. The van der Waals surface area contributed by atoms with Crippen LogP contribution in [0.5, 0.6) is 0 Å². The summed E-state index contributed by atoms with van der Waals surface area (Å²) in [5.41, 5.74) is 4.42. The third kappa shape index (κ3) is 4.34. The highest BCUT2D eigenvalue weighted by atomic mass is 16.3. The minimum absolute atomic E-state index is 0.0530. The molecule has 0 saturated heterocycles. The normalized spacial score (nSPS) is 13.1. The van der Waals surface area contributed by atoms with E-state index in [1.807, 2.05) is 62.4 Å². The number of allylic oxidation sites excluding steroid dienone is 1. The summed E-state index contributed by atoms with van der Waals surface area (Å²) in [5, 5.41) is 23.3. The first-order chi connectivity index (χ1) is 14.3. The highest BCUT2D eigenvalue weighted by molar-refractivity contribution is 5.93. The number of aliphatic hydroxyl groups is 1. The number of fused-ring (bicyclic) bond motifs is 1. The summed E-state index contributed by atoms with van der Waals surface area (Å²) in [6.45, 7) is 5.74. The molecule has 0 aliphatic rings. The van der Waals surface area contributed by atoms with Crippen LogP contribution in [0.1, 0.15) is 23.9 Å². The van der Waals surface area contributed by atoms with Crippen molar-refractivity contribution in [1.82, 2.24) is 14.9 Å². The van der Waals surface area contributed by atoms with Crippen molar-refractivity contribution in [2.75, 3.05) is 18.9 Å². The number of carbonyl (C=O) groups is 1. The van der Waals surface area contributed by atoms with Crippen LogP contribution in [0.25, 0.3) is 16.6 Å². The van der Waals surface area contributed by atoms with Crippen molar-refractivity contribution >= 4 is 28.2 Å². The van der Waals surface area contributed by atoms with Gasteiger partial charge in [0.15, 0.2) is 5.82 Å². The van der Waals surface area contributed by atoms with E-state index in [1.165, 1.54) is 0 Å². The van der Waals surface area contributed by atoms with E-state index in [1.54, 1.807) is 18.9 Å². The van der Waals surface area contributed by atoms with Crippen molar-refractivity contribution in [2.45, 2.75) is 26.8 Å². The van der Waals surface area contributed by atoms with Crippen molar-refractivity contribution in [2.24, 2.45) is 0 Å². The van der Waals surface area contributed by atoms with Crippen LogP contribution in [0.15, 0.2) is 48.2 Å². The lowest BCUT2D eigenvalue weighted by Crippen LogP contribution is -2.38. The number of amides is 1. The Morgan fingerprint density at radius 2 is 2.00 bits per heavy atom. The summed E-state index contributed by atoms with van der Waals surface area (Å²) in [6, 6.07) is 14.6. The van der Waals surface area contributed by atoms with Crippen molar-refractivity contribution in [3.05, 3.63) is 65.2 Å². The number of nitrogens with one attached hydrogen (secondary N) is 2. The van der Waals surface area contributed by atoms with Gasteiger partial charge in [0.1, 0.15) is 17.4 Å². The van der Waals surface area contributed by atoms with E-state index >= 15 is 0 Å². The Bertz CT molecular complexity index is 1120. The maximum absolute atomic E-state index is 12.5. The number of anilines is 1. The lowest BCUT2D eigenvalue weighted by Gasteiger charge is -2.24. The zero-order valence-electron chi connectivity index (χ0n) is 17.5. The van der Waals surface area contributed by atoms with Crippen LogP contribution in [-0.2, 0) is 4.79 Å². The Labute approximate surface area is 175 Å². The molecule has 1 atom stereocenters. The second-order valence-electron chi connectivity index (χ2n) is 7.36. The maximum atomic E-state index is 12.5. The van der Waals surface area contributed by atoms with Crippen molar-refractivity contribution < 1.29 is 9.90 Å². The van der Waals surface area contributed by atoms with E-state index in [-0.39, 0.29) is 23.8 Å². The lowest BCUT2D eigenvalue weighted by molar-refractivity contribution is -0.117. The third-order valence-electron chi connectivity index (χ3n) is 5.32. The van der Waals surface area contributed by atoms with Gasteiger partial charge in [0.25, 0.3) is 0 Å². The number of para-hydroxylation sites is 2. The molecule has 30 heavy (non-hydrogen) atoms. The Hall–Kier alpha value is -3.63. The summed E-state index contributed by atoms with van der Waals surface area (Å²) < 4.78 is 0. The molecule has 0 unspecified atom stereocenters. The number of H-pyrrole nitrogens is 1. The molecular weight excluding hydrogens is 378 g/mol. The van der Waals surface area contributed by atoms with Gasteiger partial charge in [-0.1, -0.05) is 24.3 Å². The molecule has 1 aromatic heterocycles. The smallest absolute Gasteiger partial charge is 0.238 e. The minimum Gasteiger partial charge on any atom is -0.509 e. The van der Waals surface area contributed by atoms with Gasteiger partial charge in [-0.2, -0.15) is 5.26 Å². The number of aromatic amines is 1. The monoisotopic (exact) mass is 403 g/mol. The van der Waals surface area contributed by atoms with Gasteiger partial charge in [0.2, 0.25) is 5.91 Å². The molecule has 0 fully saturated rings. The molecule has 0 spiro atoms. The Kier molecular flexibility index (Phi) is 6.19. The number of nitriles is 1. The van der Waals surface area contributed by atoms with Crippen LogP contribution in [0.2, 0.25) is 0 Å². The lowest BCUT2D eigenvalue weighted by atomic mass is 10.1. The third-order valence-corrected chi connectivity index (χ3v) is 5.32. The number of likely N-dealkylation sites (N-methyl/N-ethyl adjacent to an activating group) is 1. The average Bonchev–Trinajstić information content (AvgIpc) is 3.14. The number of hydrogen-bond donors (Lipinski definition) is 3. The van der Waals surface area contributed by atoms with Gasteiger partial charge < -0.3 is 15.4 Å². The molecular formula is C23H25N5O2. The molecule has 0 radical (unpaired) electrons. The maximum Gasteiger partial charge on any atom is 0.238 e. The van der Waals surface area contributed by atoms with Crippen LogP contribution < -0.4 is 5.32 Å². The van der Waals surface area contributed by atoms with Gasteiger partial charge in [0.05, 0.1) is 23.6 Å². The van der Waals surface area contributed by atoms with Crippen LogP contribution >= 0.6 is 0 Å². The van der Waals surface area contributed by atoms with E-state index in [2.05, 4.69) is 15.3 Å². The summed E-state index contributed by atoms with van der Waals surface area (Å²) in [7, 11) is 1.72. The number of nitrogens with zero attached hydrogens (tertiary/aromatic N) is 3. The number of imidazole rings is 1. The zero-order valence-corrected chi connectivity index (χ0v) is 17.5. The molecule has 1 amide bonds. The van der Waals surface area contributed by atoms with E-state index in [9.17, 15) is 15.2 Å². The molecule has 0 aliphatic heterocycles. The molecule has 7 nitrogen and oxygen atoms in total. The van der Waals surface area contributed by atoms with E-state index < -0.39 is 6.04 Å². The zero-order chi connectivity index (χ0) is 21.8. The van der Waals surface area contributed by atoms with Gasteiger partial charge in [-0.05, 0) is 57.1 Å². The summed E-state index contributed by atoms with van der Waals surface area (Å²) >= 11 is 0. The SMILES string of the molecule is Cc1cccc(NC(=O)CN(C)[C@@H](C)/C(O)=C(\C#N)c2nc3ccccc3[nH]2)c1C. The molecule has 3 rings (SSSR count). The highest BCUT2D eigenvalue weighted by Crippen LogP contribution is 2.22. The fourth-order valence-corrected chi connectivity index (χ4v) is 3.16. The van der Waals surface area contributed by atoms with Gasteiger partial charge in [-0.25, -0.2) is 4.98 Å². The number of benzene rings is 2. The van der Waals surface area contributed by atoms with Crippen molar-refractivity contribution in [3.8, 4) is 6.07 Å². The van der Waals surface area contributed by atoms with Gasteiger partial charge in [-0.15, -0.1) is 0 Å². The number of aryl methyl sites for hydroxylation is 1. The number of carbonyl (C=O) groups excluding carboxylic acids is 1. The Balaban J connectivity index is 1.76. The largest absolute Gasteiger partial charge is 0.509 e. The van der Waals surface area contributed by atoms with Gasteiger partial charge in [-0.3, -0.25) is 9.69 Å². The first kappa shape index (κ1) is 21.1. The van der Waals surface area contributed by atoms with Gasteiger partial charge >= 0.3 is 0 Å². The second kappa shape index (κ2) is 8.80. The van der Waals surface area contributed by atoms with Crippen LogP contribution in [0, 0.1) is 25.2 Å². The number of aromatic nitrogens is 2. The first-order valence-corrected chi connectivity index (χ1v) is 9.66. The minimum atomic E-state index is -0.558. The van der Waals surface area contributed by atoms with Crippen molar-refractivity contribution in [1.29, 1.82) is 5.26 Å². The fourth-order valence-electron chi connectivity index (χ4n) is 3.16. The van der Waals surface area contributed by atoms with Crippen LogP contribution in [-0.4, -0.2) is 45.5 Å². The first-order valence-electron chi connectivity index (χ1n) is 9.66. The van der Waals surface area contributed by atoms with Crippen LogP contribution in [0.4, 0.5) is 5.69 Å². The van der Waals surface area contributed by atoms with Gasteiger partial charge in [0, 0.05) is 5.69 Å². The molecule has 154 valence electrons. The number of hydrogen-bond acceptors (Lipinski definition) is 5. The summed E-state index contributed by atoms with van der Waals surface area (Å²) in [5.74, 6) is -0.0389. The molecule has 3 N–H and O–H groups in total. The number of aliphatic hydroxyl groups excluding tert-OH is 1. The molecule has 0 saturated carbocycles. The topological polar surface area (TPSA) is 105 Å². The Morgan fingerprint density at radius 3 is 2.70 bits per heavy atom. The van der Waals surface area contributed by atoms with E-state index in [4.69, 9.17) is 0 Å². The Morgan fingerprint density at radius 1 is 1.27 bits per heavy atom. The van der Waals surface area contributed by atoms with Crippen LogP contribution in [0.3, 0.4) is 0 Å². The summed E-state index contributed by atoms with van der Waals surface area (Å²) in [6.07, 6.45) is 0. The van der Waals surface area contributed by atoms with E-state index in [0.29, 0.717) is 11.3 Å². The quantitative estimate of drug-likeness (QED) is 0.427. The number of rotatable bonds is 6. The highest BCUT2D eigenvalue weighted by Gasteiger charge is 2.22. The molecule has 2 aromatic carbocycles. The fraction of sp³-hybridized carbons (Fsp3) is 0.261. The second-order valence-corrected chi connectivity index (χ2v) is 7.36. The predicted molar refractivity (Wildman–Crippen MR) is 118 cm³/mol.